The zero-order valence-electron chi connectivity index (χ0n) is 17.5. The molecular weight excluding hydrogens is 459 g/mol. The zero-order valence-corrected chi connectivity index (χ0v) is 19.8. The van der Waals surface area contributed by atoms with Gasteiger partial charge in [0.1, 0.15) is 6.04 Å². The largest absolute Gasteiger partial charge is 0.381 e. The van der Waals surface area contributed by atoms with E-state index in [1.54, 1.807) is 6.07 Å². The van der Waals surface area contributed by atoms with Crippen LogP contribution >= 0.6 is 23.2 Å². The molecule has 2 aromatic rings. The van der Waals surface area contributed by atoms with Crippen molar-refractivity contribution < 1.29 is 17.9 Å². The second kappa shape index (κ2) is 9.77. The maximum atomic E-state index is 13.1. The Bertz CT molecular complexity index is 1030. The third-order valence-electron chi connectivity index (χ3n) is 5.67. The van der Waals surface area contributed by atoms with Gasteiger partial charge in [0.05, 0.1) is 17.0 Å². The van der Waals surface area contributed by atoms with Crippen molar-refractivity contribution in [3.05, 3.63) is 64.1 Å². The monoisotopic (exact) mass is 484 g/mol. The van der Waals surface area contributed by atoms with Crippen LogP contribution in [0.1, 0.15) is 25.3 Å². The molecule has 0 unspecified atom stereocenters. The number of rotatable bonds is 7. The van der Waals surface area contributed by atoms with Crippen molar-refractivity contribution in [2.45, 2.75) is 31.2 Å². The summed E-state index contributed by atoms with van der Waals surface area (Å²) in [5.41, 5.74) is 1.03. The lowest BCUT2D eigenvalue weighted by Gasteiger charge is -2.38. The molecule has 3 rings (SSSR count). The molecule has 0 aliphatic carbocycles. The van der Waals surface area contributed by atoms with E-state index in [1.807, 2.05) is 18.2 Å². The molecule has 1 amide bonds. The minimum Gasteiger partial charge on any atom is -0.381 e. The number of nitrogens with zero attached hydrogens (tertiary/aromatic N) is 1. The van der Waals surface area contributed by atoms with Crippen LogP contribution < -0.4 is 9.62 Å². The van der Waals surface area contributed by atoms with Gasteiger partial charge < -0.3 is 10.1 Å². The second-order valence-electron chi connectivity index (χ2n) is 7.81. The van der Waals surface area contributed by atoms with Crippen molar-refractivity contribution in [3.63, 3.8) is 0 Å². The first kappa shape index (κ1) is 23.9. The summed E-state index contributed by atoms with van der Waals surface area (Å²) in [5.74, 6) is -0.414. The molecule has 1 saturated heterocycles. The molecule has 6 nitrogen and oxygen atoms in total. The average Bonchev–Trinajstić information content (AvgIpc) is 2.75. The molecule has 0 spiro atoms. The summed E-state index contributed by atoms with van der Waals surface area (Å²) in [6.07, 6.45) is 2.57. The van der Waals surface area contributed by atoms with Crippen LogP contribution in [-0.2, 0) is 25.0 Å². The molecule has 0 aromatic heterocycles. The number of hydrogen-bond acceptors (Lipinski definition) is 4. The maximum Gasteiger partial charge on any atom is 0.243 e. The van der Waals surface area contributed by atoms with E-state index in [4.69, 9.17) is 27.9 Å². The molecule has 9 heteroatoms. The van der Waals surface area contributed by atoms with Gasteiger partial charge in [-0.25, -0.2) is 8.42 Å². The number of amides is 1. The Labute approximate surface area is 193 Å². The van der Waals surface area contributed by atoms with Gasteiger partial charge in [-0.2, -0.15) is 0 Å². The standard InChI is InChI=1S/C22H26Cl2N2O4S/c1-16(26(31(2,28)29)20-14-18(23)8-9-19(20)24)21(27)25-15-22(10-12-30-13-11-22)17-6-4-3-5-7-17/h3-9,14,16H,10-13,15H2,1-2H3,(H,25,27)/t16-/m1/s1. The number of hydrogen-bond donors (Lipinski definition) is 1. The number of benzene rings is 2. The molecule has 1 heterocycles. The van der Waals surface area contributed by atoms with Crippen LogP contribution in [0.15, 0.2) is 48.5 Å². The topological polar surface area (TPSA) is 75.7 Å². The SMILES string of the molecule is C[C@H](C(=O)NCC1(c2ccccc2)CCOCC1)N(c1cc(Cl)ccc1Cl)S(C)(=O)=O. The summed E-state index contributed by atoms with van der Waals surface area (Å²) >= 11 is 12.3. The Balaban J connectivity index is 1.84. The van der Waals surface area contributed by atoms with E-state index in [9.17, 15) is 13.2 Å². The van der Waals surface area contributed by atoms with Crippen LogP contribution in [0.3, 0.4) is 0 Å². The Morgan fingerprint density at radius 2 is 1.81 bits per heavy atom. The van der Waals surface area contributed by atoms with Crippen molar-refractivity contribution in [2.75, 3.05) is 30.3 Å². The summed E-state index contributed by atoms with van der Waals surface area (Å²) in [6, 6.07) is 13.5. The van der Waals surface area contributed by atoms with Crippen LogP contribution in [0.2, 0.25) is 10.0 Å². The summed E-state index contributed by atoms with van der Waals surface area (Å²) < 4.78 is 31.7. The van der Waals surface area contributed by atoms with Gasteiger partial charge in [0.2, 0.25) is 15.9 Å². The lowest BCUT2D eigenvalue weighted by Crippen LogP contribution is -2.52. The number of anilines is 1. The second-order valence-corrected chi connectivity index (χ2v) is 10.5. The molecule has 2 aromatic carbocycles. The Morgan fingerprint density at radius 1 is 1.16 bits per heavy atom. The maximum absolute atomic E-state index is 13.1. The zero-order chi connectivity index (χ0) is 22.6. The number of carbonyl (C=O) groups is 1. The van der Waals surface area contributed by atoms with Gasteiger partial charge in [-0.3, -0.25) is 9.10 Å². The average molecular weight is 485 g/mol. The van der Waals surface area contributed by atoms with Gasteiger partial charge >= 0.3 is 0 Å². The first-order valence-corrected chi connectivity index (χ1v) is 12.6. The predicted octanol–water partition coefficient (Wildman–Crippen LogP) is 4.01. The summed E-state index contributed by atoms with van der Waals surface area (Å²) in [6.45, 7) is 3.12. The van der Waals surface area contributed by atoms with Crippen LogP contribution in [0.5, 0.6) is 0 Å². The first-order chi connectivity index (χ1) is 14.6. The van der Waals surface area contributed by atoms with Crippen molar-refractivity contribution in [1.29, 1.82) is 0 Å². The van der Waals surface area contributed by atoms with E-state index in [2.05, 4.69) is 17.4 Å². The molecule has 1 aliphatic heterocycles. The number of ether oxygens (including phenoxy) is 1. The molecular formula is C22H26Cl2N2O4S. The smallest absolute Gasteiger partial charge is 0.243 e. The van der Waals surface area contributed by atoms with E-state index < -0.39 is 22.0 Å². The molecule has 1 atom stereocenters. The van der Waals surface area contributed by atoms with Crippen molar-refractivity contribution in [3.8, 4) is 0 Å². The van der Waals surface area contributed by atoms with Gasteiger partial charge in [0.25, 0.3) is 0 Å². The third-order valence-corrected chi connectivity index (χ3v) is 7.45. The Hall–Kier alpha value is -1.80. The van der Waals surface area contributed by atoms with Crippen molar-refractivity contribution in [1.82, 2.24) is 5.32 Å². The first-order valence-electron chi connectivity index (χ1n) is 9.99. The fraction of sp³-hybridized carbons (Fsp3) is 0.409. The van der Waals surface area contributed by atoms with Gasteiger partial charge in [-0.15, -0.1) is 0 Å². The number of carbonyl (C=O) groups excluding carboxylic acids is 1. The van der Waals surface area contributed by atoms with Crippen LogP contribution in [-0.4, -0.2) is 46.4 Å². The van der Waals surface area contributed by atoms with E-state index in [0.717, 1.165) is 29.0 Å². The van der Waals surface area contributed by atoms with E-state index in [0.29, 0.717) is 24.8 Å². The molecule has 31 heavy (non-hydrogen) atoms. The highest BCUT2D eigenvalue weighted by atomic mass is 35.5. The highest BCUT2D eigenvalue weighted by molar-refractivity contribution is 7.92. The molecule has 0 bridgehead atoms. The van der Waals surface area contributed by atoms with Gasteiger partial charge in [-0.1, -0.05) is 53.5 Å². The van der Waals surface area contributed by atoms with Gasteiger partial charge in [0.15, 0.2) is 0 Å². The quantitative estimate of drug-likeness (QED) is 0.643. The molecule has 0 saturated carbocycles. The summed E-state index contributed by atoms with van der Waals surface area (Å²) in [7, 11) is -3.80. The highest BCUT2D eigenvalue weighted by Crippen LogP contribution is 2.35. The van der Waals surface area contributed by atoms with E-state index >= 15 is 0 Å². The minimum absolute atomic E-state index is 0.170. The van der Waals surface area contributed by atoms with Crippen LogP contribution in [0.4, 0.5) is 5.69 Å². The van der Waals surface area contributed by atoms with Crippen molar-refractivity contribution >= 4 is 44.8 Å². The van der Waals surface area contributed by atoms with Gasteiger partial charge in [-0.05, 0) is 43.5 Å². The summed E-state index contributed by atoms with van der Waals surface area (Å²) in [4.78, 5) is 13.1. The fourth-order valence-electron chi connectivity index (χ4n) is 3.96. The highest BCUT2D eigenvalue weighted by Gasteiger charge is 2.36. The van der Waals surface area contributed by atoms with E-state index in [1.165, 1.54) is 19.1 Å². The third kappa shape index (κ3) is 5.52. The molecule has 1 fully saturated rings. The molecule has 1 N–H and O–H groups in total. The Kier molecular flexibility index (Phi) is 7.52. The normalized spacial score (nSPS) is 17.0. The number of sulfonamides is 1. The lowest BCUT2D eigenvalue weighted by atomic mass is 9.74. The Morgan fingerprint density at radius 3 is 2.42 bits per heavy atom. The van der Waals surface area contributed by atoms with Crippen LogP contribution in [0.25, 0.3) is 0 Å². The van der Waals surface area contributed by atoms with E-state index in [-0.39, 0.29) is 16.1 Å². The van der Waals surface area contributed by atoms with Crippen LogP contribution in [0, 0.1) is 0 Å². The van der Waals surface area contributed by atoms with Gasteiger partial charge in [0, 0.05) is 30.2 Å². The number of halogens is 2. The van der Waals surface area contributed by atoms with Crippen molar-refractivity contribution in [2.24, 2.45) is 0 Å². The number of nitrogens with one attached hydrogen (secondary N) is 1. The molecule has 168 valence electrons. The predicted molar refractivity (Wildman–Crippen MR) is 124 cm³/mol. The summed E-state index contributed by atoms with van der Waals surface area (Å²) in [5, 5.41) is 3.49. The molecule has 0 radical (unpaired) electrons. The lowest BCUT2D eigenvalue weighted by molar-refractivity contribution is -0.122. The fourth-order valence-corrected chi connectivity index (χ4v) is 5.56. The molecule has 1 aliphatic rings. The minimum atomic E-state index is -3.80.